The van der Waals surface area contributed by atoms with Crippen LogP contribution in [0, 0.1) is 13.8 Å². The standard InChI is InChI=1S/C39H55N7O4/c1-26-32(34(46-16-9-8-14-39(46,6)7)33(27(2)41-26)35(36(48)49)50-38(3,4)5)29-10-11-30-25-45(17-13-28(30)24-29)37-40-15-12-31(42-37)44-20-18-43(19-21-44)22-23-47/h10-12,15,24,35,47H,8-9,13-14,16-23,25H2,1-7H3,(H,48,49)/t35-/m0/s1. The molecule has 50 heavy (non-hydrogen) atoms. The summed E-state index contributed by atoms with van der Waals surface area (Å²) in [7, 11) is 0. The number of aliphatic hydroxyl groups is 1. The first-order chi connectivity index (χ1) is 23.8. The summed E-state index contributed by atoms with van der Waals surface area (Å²) in [6, 6.07) is 8.67. The summed E-state index contributed by atoms with van der Waals surface area (Å²) in [4.78, 5) is 36.9. The molecular formula is C39H55N7O4. The highest BCUT2D eigenvalue weighted by Crippen LogP contribution is 2.47. The van der Waals surface area contributed by atoms with Gasteiger partial charge in [0.1, 0.15) is 5.82 Å². The van der Waals surface area contributed by atoms with E-state index in [1.807, 2.05) is 46.9 Å². The molecule has 270 valence electrons. The number of anilines is 3. The van der Waals surface area contributed by atoms with Gasteiger partial charge in [0.25, 0.3) is 0 Å². The van der Waals surface area contributed by atoms with E-state index in [0.29, 0.717) is 24.3 Å². The predicted octanol–water partition coefficient (Wildman–Crippen LogP) is 5.54. The molecule has 0 unspecified atom stereocenters. The first-order valence-corrected chi connectivity index (χ1v) is 18.2. The van der Waals surface area contributed by atoms with Crippen LogP contribution in [0.1, 0.15) is 88.1 Å². The SMILES string of the molecule is Cc1nc(C)c([C@H](OC(C)(C)C)C(=O)O)c(N2CCCCC2(C)C)c1-c1ccc2c(c1)CCN(c1nccc(N3CCN(CCO)CC3)n1)C2. The van der Waals surface area contributed by atoms with Gasteiger partial charge < -0.3 is 29.6 Å². The lowest BCUT2D eigenvalue weighted by molar-refractivity contribution is -0.160. The monoisotopic (exact) mass is 685 g/mol. The minimum Gasteiger partial charge on any atom is -0.479 e. The average Bonchev–Trinajstić information content (AvgIpc) is 3.07. The lowest BCUT2D eigenvalue weighted by Crippen LogP contribution is -2.49. The molecule has 3 aliphatic heterocycles. The van der Waals surface area contributed by atoms with Crippen molar-refractivity contribution in [2.75, 3.05) is 67.1 Å². The van der Waals surface area contributed by atoms with Crippen LogP contribution in [0.15, 0.2) is 30.5 Å². The fourth-order valence-electron chi connectivity index (χ4n) is 7.94. The molecule has 2 fully saturated rings. The van der Waals surface area contributed by atoms with Gasteiger partial charge in [-0.15, -0.1) is 0 Å². The number of nitrogens with zero attached hydrogens (tertiary/aromatic N) is 7. The van der Waals surface area contributed by atoms with Gasteiger partial charge in [-0.1, -0.05) is 18.2 Å². The van der Waals surface area contributed by atoms with Gasteiger partial charge in [0, 0.05) is 86.6 Å². The summed E-state index contributed by atoms with van der Waals surface area (Å²) in [6.07, 6.45) is 4.76. The summed E-state index contributed by atoms with van der Waals surface area (Å²) in [6.45, 7) is 21.0. The molecular weight excluding hydrogens is 630 g/mol. The fraction of sp³-hybridized carbons (Fsp3) is 0.590. The Labute approximate surface area is 297 Å². The molecule has 0 aliphatic carbocycles. The van der Waals surface area contributed by atoms with E-state index in [0.717, 1.165) is 99.2 Å². The molecule has 2 saturated heterocycles. The molecule has 2 aromatic heterocycles. The number of ether oxygens (including phenoxy) is 1. The highest BCUT2D eigenvalue weighted by molar-refractivity contribution is 5.88. The summed E-state index contributed by atoms with van der Waals surface area (Å²) in [5, 5.41) is 19.9. The smallest absolute Gasteiger partial charge is 0.337 e. The predicted molar refractivity (Wildman–Crippen MR) is 198 cm³/mol. The third-order valence-corrected chi connectivity index (χ3v) is 10.5. The van der Waals surface area contributed by atoms with Crippen molar-refractivity contribution in [3.05, 3.63) is 58.5 Å². The Balaban J connectivity index is 1.35. The van der Waals surface area contributed by atoms with E-state index >= 15 is 0 Å². The Bertz CT molecular complexity index is 1700. The molecule has 0 spiro atoms. The molecule has 2 N–H and O–H groups in total. The molecule has 3 aromatic rings. The second-order valence-corrected chi connectivity index (χ2v) is 15.7. The number of hydrogen-bond donors (Lipinski definition) is 2. The summed E-state index contributed by atoms with van der Waals surface area (Å²) >= 11 is 0. The van der Waals surface area contributed by atoms with Gasteiger partial charge in [-0.25, -0.2) is 9.78 Å². The fourth-order valence-corrected chi connectivity index (χ4v) is 7.94. The minimum atomic E-state index is -1.15. The number of aliphatic carboxylic acids is 1. The van der Waals surface area contributed by atoms with E-state index in [1.165, 1.54) is 11.1 Å². The van der Waals surface area contributed by atoms with Gasteiger partial charge >= 0.3 is 5.97 Å². The van der Waals surface area contributed by atoms with Crippen molar-refractivity contribution in [3.8, 4) is 11.1 Å². The van der Waals surface area contributed by atoms with Crippen molar-refractivity contribution in [1.82, 2.24) is 19.9 Å². The number of β-amino-alcohol motifs (C(OH)–C–C–N with tert-alkyl or cyclic N) is 1. The van der Waals surface area contributed by atoms with Crippen LogP contribution in [0.3, 0.4) is 0 Å². The Kier molecular flexibility index (Phi) is 10.4. The number of aliphatic hydroxyl groups excluding tert-OH is 1. The van der Waals surface area contributed by atoms with Crippen LogP contribution in [0.5, 0.6) is 0 Å². The number of benzene rings is 1. The van der Waals surface area contributed by atoms with Crippen LogP contribution in [0.25, 0.3) is 11.1 Å². The van der Waals surface area contributed by atoms with Crippen LogP contribution >= 0.6 is 0 Å². The van der Waals surface area contributed by atoms with Crippen molar-refractivity contribution >= 4 is 23.4 Å². The van der Waals surface area contributed by atoms with Gasteiger partial charge in [0.15, 0.2) is 6.10 Å². The lowest BCUT2D eigenvalue weighted by atomic mass is 9.85. The topological polar surface area (TPSA) is 118 Å². The molecule has 5 heterocycles. The number of pyridine rings is 1. The molecule has 3 aliphatic rings. The molecule has 0 saturated carbocycles. The number of aryl methyl sites for hydroxylation is 2. The van der Waals surface area contributed by atoms with E-state index in [9.17, 15) is 15.0 Å². The minimum absolute atomic E-state index is 0.164. The largest absolute Gasteiger partial charge is 0.479 e. The van der Waals surface area contributed by atoms with Crippen LogP contribution in [-0.2, 0) is 22.5 Å². The van der Waals surface area contributed by atoms with Crippen LogP contribution in [0.2, 0.25) is 0 Å². The molecule has 0 radical (unpaired) electrons. The number of carboxylic acids is 1. The Morgan fingerprint density at radius 3 is 2.40 bits per heavy atom. The van der Waals surface area contributed by atoms with Crippen molar-refractivity contribution in [3.63, 3.8) is 0 Å². The molecule has 1 aromatic carbocycles. The second kappa shape index (κ2) is 14.4. The highest BCUT2D eigenvalue weighted by Gasteiger charge is 2.39. The van der Waals surface area contributed by atoms with Crippen LogP contribution in [0.4, 0.5) is 17.5 Å². The maximum absolute atomic E-state index is 12.9. The zero-order valence-corrected chi connectivity index (χ0v) is 31.0. The summed E-state index contributed by atoms with van der Waals surface area (Å²) in [5.41, 5.74) is 6.92. The number of rotatable bonds is 9. The van der Waals surface area contributed by atoms with E-state index in [2.05, 4.69) is 56.6 Å². The summed E-state index contributed by atoms with van der Waals surface area (Å²) in [5.74, 6) is 0.684. The molecule has 0 amide bonds. The average molecular weight is 686 g/mol. The normalized spacial score (nSPS) is 19.0. The van der Waals surface area contributed by atoms with Gasteiger partial charge in [-0.05, 0) is 96.9 Å². The second-order valence-electron chi connectivity index (χ2n) is 15.7. The quantitative estimate of drug-likeness (QED) is 0.296. The van der Waals surface area contributed by atoms with Crippen LogP contribution in [-0.4, -0.2) is 99.6 Å². The van der Waals surface area contributed by atoms with E-state index in [4.69, 9.17) is 14.7 Å². The van der Waals surface area contributed by atoms with E-state index in [-0.39, 0.29) is 12.1 Å². The number of carboxylic acid groups (broad SMARTS) is 1. The van der Waals surface area contributed by atoms with Crippen molar-refractivity contribution in [2.24, 2.45) is 0 Å². The lowest BCUT2D eigenvalue weighted by Gasteiger charge is -2.47. The number of piperazine rings is 1. The number of aromatic nitrogens is 3. The number of fused-ring (bicyclic) bond motifs is 1. The number of piperidine rings is 1. The third kappa shape index (κ3) is 7.60. The molecule has 11 nitrogen and oxygen atoms in total. The Hall–Kier alpha value is -3.80. The van der Waals surface area contributed by atoms with Gasteiger partial charge in [-0.3, -0.25) is 9.88 Å². The van der Waals surface area contributed by atoms with E-state index in [1.54, 1.807) is 0 Å². The highest BCUT2D eigenvalue weighted by atomic mass is 16.5. The Morgan fingerprint density at radius 2 is 1.72 bits per heavy atom. The zero-order valence-electron chi connectivity index (χ0n) is 31.0. The van der Waals surface area contributed by atoms with Gasteiger partial charge in [-0.2, -0.15) is 4.98 Å². The van der Waals surface area contributed by atoms with Crippen molar-refractivity contribution in [1.29, 1.82) is 0 Å². The first-order valence-electron chi connectivity index (χ1n) is 18.2. The molecule has 1 atom stereocenters. The summed E-state index contributed by atoms with van der Waals surface area (Å²) < 4.78 is 6.30. The molecule has 11 heteroatoms. The van der Waals surface area contributed by atoms with Gasteiger partial charge in [0.2, 0.25) is 5.95 Å². The maximum atomic E-state index is 12.9. The zero-order chi connectivity index (χ0) is 35.8. The third-order valence-electron chi connectivity index (χ3n) is 10.5. The maximum Gasteiger partial charge on any atom is 0.337 e. The van der Waals surface area contributed by atoms with Crippen molar-refractivity contribution in [2.45, 2.75) is 97.9 Å². The van der Waals surface area contributed by atoms with Gasteiger partial charge in [0.05, 0.1) is 17.9 Å². The van der Waals surface area contributed by atoms with Crippen molar-refractivity contribution < 1.29 is 19.7 Å². The number of hydrogen-bond acceptors (Lipinski definition) is 10. The first kappa shape index (κ1) is 36.0. The number of carbonyl (C=O) groups is 1. The molecule has 6 rings (SSSR count). The van der Waals surface area contributed by atoms with Crippen LogP contribution < -0.4 is 14.7 Å². The Morgan fingerprint density at radius 1 is 0.960 bits per heavy atom. The molecule has 0 bridgehead atoms. The van der Waals surface area contributed by atoms with E-state index < -0.39 is 17.7 Å².